The molecule has 3 aromatic carbocycles. The van der Waals surface area contributed by atoms with E-state index in [0.717, 1.165) is 39.5 Å². The van der Waals surface area contributed by atoms with Gasteiger partial charge < -0.3 is 22.6 Å². The molecule has 0 saturated carbocycles. The van der Waals surface area contributed by atoms with Crippen molar-refractivity contribution < 1.29 is 12.4 Å². The summed E-state index contributed by atoms with van der Waals surface area (Å²) in [7, 11) is 4.07. The van der Waals surface area contributed by atoms with Gasteiger partial charge in [0.15, 0.2) is 5.82 Å². The van der Waals surface area contributed by atoms with Crippen LogP contribution in [0.1, 0.15) is 5.56 Å². The van der Waals surface area contributed by atoms with Crippen molar-refractivity contribution in [1.29, 1.82) is 0 Å². The first kappa shape index (κ1) is 19.6. The quantitative estimate of drug-likeness (QED) is 0.582. The summed E-state index contributed by atoms with van der Waals surface area (Å²) in [5, 5.41) is 4.47. The number of nitrogens with zero attached hydrogens (tertiary/aromatic N) is 3. The summed E-state index contributed by atoms with van der Waals surface area (Å²) in [5.74, 6) is 1.54. The molecule has 142 valence electrons. The molecule has 5 heteroatoms. The maximum absolute atomic E-state index is 4.83. The minimum absolute atomic E-state index is 0. The van der Waals surface area contributed by atoms with Crippen LogP contribution in [-0.2, 0) is 0 Å². The maximum atomic E-state index is 4.83. The predicted octanol–water partition coefficient (Wildman–Crippen LogP) is 2.42. The van der Waals surface area contributed by atoms with Gasteiger partial charge in [0.05, 0.1) is 5.52 Å². The number of rotatable bonds is 4. The number of anilines is 3. The Morgan fingerprint density at radius 2 is 1.57 bits per heavy atom. The molecule has 4 rings (SSSR count). The van der Waals surface area contributed by atoms with E-state index >= 15 is 0 Å². The average molecular weight is 390 g/mol. The third-order valence-electron chi connectivity index (χ3n) is 4.53. The van der Waals surface area contributed by atoms with Crippen LogP contribution < -0.4 is 22.6 Å². The van der Waals surface area contributed by atoms with Crippen molar-refractivity contribution in [2.75, 3.05) is 24.3 Å². The van der Waals surface area contributed by atoms with Gasteiger partial charge >= 0.3 is 0 Å². The summed E-state index contributed by atoms with van der Waals surface area (Å²) < 4.78 is 0. The summed E-state index contributed by atoms with van der Waals surface area (Å²) in [6.07, 6.45) is 0. The molecule has 0 atom stereocenters. The van der Waals surface area contributed by atoms with Crippen LogP contribution >= 0.6 is 0 Å². The van der Waals surface area contributed by atoms with Crippen LogP contribution in [0.25, 0.3) is 22.3 Å². The highest BCUT2D eigenvalue weighted by Gasteiger charge is 2.10. The molecular formula is C23H22ClN4-. The van der Waals surface area contributed by atoms with Gasteiger partial charge in [-0.2, -0.15) is 0 Å². The first-order valence-electron chi connectivity index (χ1n) is 8.98. The molecule has 0 unspecified atom stereocenters. The van der Waals surface area contributed by atoms with E-state index in [0.29, 0.717) is 0 Å². The second-order valence-electron chi connectivity index (χ2n) is 6.85. The van der Waals surface area contributed by atoms with Crippen LogP contribution in [0.4, 0.5) is 17.2 Å². The molecule has 0 amide bonds. The Balaban J connectivity index is 0.00000225. The normalized spacial score (nSPS) is 10.4. The first-order valence-corrected chi connectivity index (χ1v) is 8.98. The van der Waals surface area contributed by atoms with Crippen molar-refractivity contribution >= 4 is 28.1 Å². The lowest BCUT2D eigenvalue weighted by Gasteiger charge is -2.14. The highest BCUT2D eigenvalue weighted by atomic mass is 35.5. The summed E-state index contributed by atoms with van der Waals surface area (Å²) >= 11 is 0. The second kappa shape index (κ2) is 8.28. The number of fused-ring (bicyclic) bond motifs is 1. The molecule has 0 aliphatic carbocycles. The number of para-hydroxylation sites is 1. The molecule has 0 spiro atoms. The number of aryl methyl sites for hydroxylation is 1. The van der Waals surface area contributed by atoms with Crippen molar-refractivity contribution in [3.8, 4) is 11.4 Å². The summed E-state index contributed by atoms with van der Waals surface area (Å²) in [6.45, 7) is 2.08. The van der Waals surface area contributed by atoms with Gasteiger partial charge in [0, 0.05) is 36.4 Å². The van der Waals surface area contributed by atoms with Gasteiger partial charge in [-0.15, -0.1) is 0 Å². The average Bonchev–Trinajstić information content (AvgIpc) is 2.68. The third kappa shape index (κ3) is 4.07. The molecule has 0 bridgehead atoms. The van der Waals surface area contributed by atoms with E-state index in [9.17, 15) is 0 Å². The first-order chi connectivity index (χ1) is 13.1. The van der Waals surface area contributed by atoms with Crippen molar-refractivity contribution in [2.45, 2.75) is 6.92 Å². The van der Waals surface area contributed by atoms with Crippen molar-refractivity contribution in [3.05, 3.63) is 78.4 Å². The molecule has 1 heterocycles. The molecule has 4 aromatic rings. The fourth-order valence-corrected chi connectivity index (χ4v) is 3.06. The van der Waals surface area contributed by atoms with Crippen LogP contribution in [0, 0.1) is 6.92 Å². The van der Waals surface area contributed by atoms with Gasteiger partial charge in [0.2, 0.25) is 0 Å². The second-order valence-corrected chi connectivity index (χ2v) is 6.85. The molecule has 28 heavy (non-hydrogen) atoms. The van der Waals surface area contributed by atoms with E-state index in [1.54, 1.807) is 0 Å². The fraction of sp³-hybridized carbons (Fsp3) is 0.130. The summed E-state index contributed by atoms with van der Waals surface area (Å²) in [4.78, 5) is 11.7. The van der Waals surface area contributed by atoms with E-state index < -0.39 is 0 Å². The summed E-state index contributed by atoms with van der Waals surface area (Å²) in [5.41, 5.74) is 5.30. The van der Waals surface area contributed by atoms with E-state index in [1.165, 1.54) is 5.56 Å². The van der Waals surface area contributed by atoms with Crippen molar-refractivity contribution in [3.63, 3.8) is 0 Å². The van der Waals surface area contributed by atoms with Gasteiger partial charge in [-0.05, 0) is 49.4 Å². The van der Waals surface area contributed by atoms with Gasteiger partial charge in [-0.25, -0.2) is 9.97 Å². The zero-order valence-electron chi connectivity index (χ0n) is 16.1. The highest BCUT2D eigenvalue weighted by molar-refractivity contribution is 5.92. The van der Waals surface area contributed by atoms with Gasteiger partial charge in [-0.3, -0.25) is 0 Å². The Morgan fingerprint density at radius 3 is 2.29 bits per heavy atom. The van der Waals surface area contributed by atoms with Gasteiger partial charge in [0.25, 0.3) is 0 Å². The molecule has 0 fully saturated rings. The van der Waals surface area contributed by atoms with Crippen LogP contribution in [-0.4, -0.2) is 24.1 Å². The minimum Gasteiger partial charge on any atom is -1.00 e. The highest BCUT2D eigenvalue weighted by Crippen LogP contribution is 2.28. The molecular weight excluding hydrogens is 368 g/mol. The van der Waals surface area contributed by atoms with Crippen LogP contribution in [0.2, 0.25) is 0 Å². The Kier molecular flexibility index (Phi) is 5.81. The molecule has 1 aromatic heterocycles. The van der Waals surface area contributed by atoms with Crippen LogP contribution in [0.15, 0.2) is 72.8 Å². The van der Waals surface area contributed by atoms with Crippen LogP contribution in [0.3, 0.4) is 0 Å². The topological polar surface area (TPSA) is 41.1 Å². The van der Waals surface area contributed by atoms with Crippen molar-refractivity contribution in [2.24, 2.45) is 0 Å². The van der Waals surface area contributed by atoms with E-state index in [2.05, 4.69) is 53.5 Å². The maximum Gasteiger partial charge on any atom is 0.162 e. The van der Waals surface area contributed by atoms with E-state index in [-0.39, 0.29) is 12.4 Å². The predicted molar refractivity (Wildman–Crippen MR) is 114 cm³/mol. The fourth-order valence-electron chi connectivity index (χ4n) is 3.06. The number of hydrogen-bond acceptors (Lipinski definition) is 4. The Bertz CT molecular complexity index is 1090. The summed E-state index contributed by atoms with van der Waals surface area (Å²) in [6, 6.07) is 24.7. The largest absolute Gasteiger partial charge is 1.00 e. The molecule has 0 aliphatic heterocycles. The lowest BCUT2D eigenvalue weighted by atomic mass is 10.1. The lowest BCUT2D eigenvalue weighted by molar-refractivity contribution is -0.00000559. The number of aromatic nitrogens is 2. The Morgan fingerprint density at radius 1 is 0.821 bits per heavy atom. The number of nitrogens with one attached hydrogen (secondary N) is 1. The lowest BCUT2D eigenvalue weighted by Crippen LogP contribution is -3.00. The Hall–Kier alpha value is -3.11. The van der Waals surface area contributed by atoms with Gasteiger partial charge in [-0.1, -0.05) is 35.9 Å². The standard InChI is InChI=1S/C23H22N4.ClH/c1-16-7-6-8-17(15-16)22-25-21-10-5-4-9-20(21)23(26-22)24-18-11-13-19(14-12-18)27(2)3;/h4-15H,1-3H3,(H,24,25,26);1H/p-1. The monoisotopic (exact) mass is 389 g/mol. The Labute approximate surface area is 171 Å². The zero-order valence-corrected chi connectivity index (χ0v) is 16.9. The number of halogens is 1. The van der Waals surface area contributed by atoms with E-state index in [4.69, 9.17) is 9.97 Å². The van der Waals surface area contributed by atoms with Crippen molar-refractivity contribution in [1.82, 2.24) is 9.97 Å². The van der Waals surface area contributed by atoms with E-state index in [1.807, 2.05) is 50.5 Å². The number of hydrogen-bond donors (Lipinski definition) is 1. The smallest absolute Gasteiger partial charge is 0.162 e. The number of benzene rings is 3. The molecule has 0 aliphatic rings. The SMILES string of the molecule is Cc1cccc(-c2nc(Nc3ccc(N(C)C)cc3)c3ccccc3n2)c1.[Cl-]. The minimum atomic E-state index is 0. The molecule has 1 N–H and O–H groups in total. The molecule has 0 radical (unpaired) electrons. The van der Waals surface area contributed by atoms with Gasteiger partial charge in [0.1, 0.15) is 5.82 Å². The zero-order chi connectivity index (χ0) is 18.8. The molecule has 0 saturated heterocycles. The van der Waals surface area contributed by atoms with Crippen LogP contribution in [0.5, 0.6) is 0 Å². The third-order valence-corrected chi connectivity index (χ3v) is 4.53. The molecule has 4 nitrogen and oxygen atoms in total.